The van der Waals surface area contributed by atoms with E-state index < -0.39 is 10.8 Å². The Balaban J connectivity index is 1.79. The fraction of sp³-hybridized carbons (Fsp3) is 0.316. The molecule has 3 rings (SSSR count). The Morgan fingerprint density at radius 2 is 1.96 bits per heavy atom. The van der Waals surface area contributed by atoms with Crippen molar-refractivity contribution in [1.82, 2.24) is 5.32 Å². The van der Waals surface area contributed by atoms with Gasteiger partial charge < -0.3 is 10.2 Å². The van der Waals surface area contributed by atoms with Crippen molar-refractivity contribution in [2.45, 2.75) is 24.3 Å². The van der Waals surface area contributed by atoms with E-state index in [9.17, 15) is 14.9 Å². The Kier molecular flexibility index (Phi) is 5.78. The average Bonchev–Trinajstić information content (AvgIpc) is 3.20. The van der Waals surface area contributed by atoms with Gasteiger partial charge in [0.1, 0.15) is 5.56 Å². The number of anilines is 1. The molecule has 0 aliphatic carbocycles. The van der Waals surface area contributed by atoms with Crippen LogP contribution in [-0.4, -0.2) is 30.2 Å². The summed E-state index contributed by atoms with van der Waals surface area (Å²) in [7, 11) is 0. The highest BCUT2D eigenvalue weighted by Gasteiger charge is 2.21. The molecule has 2 aromatic carbocycles. The van der Waals surface area contributed by atoms with Crippen LogP contribution in [0.15, 0.2) is 47.4 Å². The quantitative estimate of drug-likeness (QED) is 0.474. The van der Waals surface area contributed by atoms with Crippen LogP contribution in [0.3, 0.4) is 0 Å². The van der Waals surface area contributed by atoms with E-state index >= 15 is 0 Å². The van der Waals surface area contributed by atoms with Crippen molar-refractivity contribution in [3.05, 3.63) is 63.7 Å². The van der Waals surface area contributed by atoms with Crippen LogP contribution in [0.1, 0.15) is 28.8 Å². The molecular weight excluding hydrogens is 350 g/mol. The number of nitrogens with one attached hydrogen (secondary N) is 1. The largest absolute Gasteiger partial charge is 0.371 e. The smallest absolute Gasteiger partial charge is 0.282 e. The van der Waals surface area contributed by atoms with Gasteiger partial charge in [-0.25, -0.2) is 0 Å². The van der Waals surface area contributed by atoms with Crippen LogP contribution in [0.5, 0.6) is 0 Å². The summed E-state index contributed by atoms with van der Waals surface area (Å²) in [6.45, 7) is 2.38. The molecule has 0 unspecified atom stereocenters. The molecule has 1 aliphatic rings. The zero-order valence-electron chi connectivity index (χ0n) is 14.6. The molecule has 0 bridgehead atoms. The summed E-state index contributed by atoms with van der Waals surface area (Å²) in [5.74, 6) is -0.427. The van der Waals surface area contributed by atoms with Crippen molar-refractivity contribution in [2.24, 2.45) is 0 Å². The van der Waals surface area contributed by atoms with Crippen LogP contribution in [0, 0.1) is 10.1 Å². The summed E-state index contributed by atoms with van der Waals surface area (Å²) in [4.78, 5) is 26.5. The fourth-order valence-corrected chi connectivity index (χ4v) is 3.62. The Morgan fingerprint density at radius 3 is 2.65 bits per heavy atom. The molecule has 1 fully saturated rings. The van der Waals surface area contributed by atoms with Crippen molar-refractivity contribution >= 4 is 29.0 Å². The second kappa shape index (κ2) is 8.23. The molecule has 6 nitrogen and oxygen atoms in total. The first-order valence-electron chi connectivity index (χ1n) is 8.53. The van der Waals surface area contributed by atoms with Gasteiger partial charge in [0, 0.05) is 36.3 Å². The molecule has 136 valence electrons. The third-order valence-corrected chi connectivity index (χ3v) is 5.25. The minimum atomic E-state index is -0.517. The lowest BCUT2D eigenvalue weighted by Gasteiger charge is -2.21. The predicted molar refractivity (Wildman–Crippen MR) is 104 cm³/mol. The zero-order valence-corrected chi connectivity index (χ0v) is 15.4. The summed E-state index contributed by atoms with van der Waals surface area (Å²) in [6.07, 6.45) is 4.22. The number of nitrogens with zero attached hydrogens (tertiary/aromatic N) is 2. The molecule has 0 aromatic heterocycles. The first-order chi connectivity index (χ1) is 12.6. The summed E-state index contributed by atoms with van der Waals surface area (Å²) in [5.41, 5.74) is 2.07. The standard InChI is InChI=1S/C19H21N3O3S/c1-26-15-8-9-18(22(24)25)16(12-15)19(23)20-13-14-6-2-3-7-17(14)21-10-4-5-11-21/h2-3,6-9,12H,4-5,10-11,13H2,1H3,(H,20,23). The molecule has 2 aromatic rings. The number of hydrogen-bond acceptors (Lipinski definition) is 5. The molecule has 0 atom stereocenters. The van der Waals surface area contributed by atoms with Gasteiger partial charge in [0.05, 0.1) is 4.92 Å². The molecule has 0 saturated carbocycles. The highest BCUT2D eigenvalue weighted by molar-refractivity contribution is 7.98. The monoisotopic (exact) mass is 371 g/mol. The zero-order chi connectivity index (χ0) is 18.5. The van der Waals surface area contributed by atoms with Crippen molar-refractivity contribution < 1.29 is 9.72 Å². The summed E-state index contributed by atoms with van der Waals surface area (Å²) in [5, 5.41) is 14.1. The first-order valence-corrected chi connectivity index (χ1v) is 9.76. The van der Waals surface area contributed by atoms with E-state index in [0.29, 0.717) is 6.54 Å². The highest BCUT2D eigenvalue weighted by Crippen LogP contribution is 2.26. The van der Waals surface area contributed by atoms with E-state index in [2.05, 4.69) is 16.3 Å². The van der Waals surface area contributed by atoms with Crippen LogP contribution in [0.2, 0.25) is 0 Å². The molecular formula is C19H21N3O3S. The molecule has 7 heteroatoms. The molecule has 1 amide bonds. The lowest BCUT2D eigenvalue weighted by Crippen LogP contribution is -2.26. The van der Waals surface area contributed by atoms with Gasteiger partial charge in [0.2, 0.25) is 0 Å². The number of nitro benzene ring substituents is 1. The minimum Gasteiger partial charge on any atom is -0.371 e. The van der Waals surface area contributed by atoms with E-state index in [1.165, 1.54) is 30.7 Å². The highest BCUT2D eigenvalue weighted by atomic mass is 32.2. The number of benzene rings is 2. The number of hydrogen-bond donors (Lipinski definition) is 1. The van der Waals surface area contributed by atoms with E-state index in [4.69, 9.17) is 0 Å². The van der Waals surface area contributed by atoms with Gasteiger partial charge in [-0.2, -0.15) is 0 Å². The van der Waals surface area contributed by atoms with Crippen LogP contribution >= 0.6 is 11.8 Å². The predicted octanol–water partition coefficient (Wildman–Crippen LogP) is 3.85. The second-order valence-electron chi connectivity index (χ2n) is 6.15. The van der Waals surface area contributed by atoms with E-state index in [1.54, 1.807) is 12.1 Å². The summed E-state index contributed by atoms with van der Waals surface area (Å²) in [6, 6.07) is 12.6. The second-order valence-corrected chi connectivity index (χ2v) is 7.03. The van der Waals surface area contributed by atoms with Crippen LogP contribution in [-0.2, 0) is 6.54 Å². The van der Waals surface area contributed by atoms with Crippen molar-refractivity contribution in [3.63, 3.8) is 0 Å². The van der Waals surface area contributed by atoms with Crippen LogP contribution < -0.4 is 10.2 Å². The number of rotatable bonds is 6. The normalized spacial score (nSPS) is 13.7. The maximum absolute atomic E-state index is 12.6. The summed E-state index contributed by atoms with van der Waals surface area (Å²) < 4.78 is 0. The Morgan fingerprint density at radius 1 is 1.23 bits per heavy atom. The molecule has 1 saturated heterocycles. The maximum atomic E-state index is 12.6. The topological polar surface area (TPSA) is 75.5 Å². The summed E-state index contributed by atoms with van der Waals surface area (Å²) >= 11 is 1.45. The van der Waals surface area contributed by atoms with Gasteiger partial charge in [-0.15, -0.1) is 11.8 Å². The Labute approximate surface area is 156 Å². The van der Waals surface area contributed by atoms with Crippen molar-refractivity contribution in [2.75, 3.05) is 24.2 Å². The van der Waals surface area contributed by atoms with Gasteiger partial charge in [0.25, 0.3) is 11.6 Å². The maximum Gasteiger partial charge on any atom is 0.282 e. The van der Waals surface area contributed by atoms with E-state index in [-0.39, 0.29) is 11.3 Å². The van der Waals surface area contributed by atoms with Crippen LogP contribution in [0.4, 0.5) is 11.4 Å². The van der Waals surface area contributed by atoms with Crippen molar-refractivity contribution in [3.8, 4) is 0 Å². The third kappa shape index (κ3) is 3.99. The number of carbonyl (C=O) groups is 1. The van der Waals surface area contributed by atoms with E-state index in [0.717, 1.165) is 29.2 Å². The molecule has 0 spiro atoms. The molecule has 26 heavy (non-hydrogen) atoms. The Hall–Kier alpha value is -2.54. The lowest BCUT2D eigenvalue weighted by atomic mass is 10.1. The number of nitro groups is 1. The average molecular weight is 371 g/mol. The van der Waals surface area contributed by atoms with Crippen LogP contribution in [0.25, 0.3) is 0 Å². The molecule has 1 N–H and O–H groups in total. The first kappa shape index (κ1) is 18.3. The van der Waals surface area contributed by atoms with Gasteiger partial charge in [-0.3, -0.25) is 14.9 Å². The number of thioether (sulfide) groups is 1. The van der Waals surface area contributed by atoms with Crippen molar-refractivity contribution in [1.29, 1.82) is 0 Å². The third-order valence-electron chi connectivity index (χ3n) is 4.52. The lowest BCUT2D eigenvalue weighted by molar-refractivity contribution is -0.385. The molecule has 1 aliphatic heterocycles. The Bertz CT molecular complexity index is 819. The SMILES string of the molecule is CSc1ccc([N+](=O)[O-])c(C(=O)NCc2ccccc2N2CCCC2)c1. The number of carbonyl (C=O) groups excluding carboxylic acids is 1. The van der Waals surface area contributed by atoms with Gasteiger partial charge in [-0.1, -0.05) is 18.2 Å². The fourth-order valence-electron chi connectivity index (χ4n) is 3.18. The van der Waals surface area contributed by atoms with Gasteiger partial charge in [0.15, 0.2) is 0 Å². The minimum absolute atomic E-state index is 0.0977. The number of amides is 1. The molecule has 1 heterocycles. The van der Waals surface area contributed by atoms with Gasteiger partial charge in [-0.05, 0) is 42.9 Å². The van der Waals surface area contributed by atoms with Gasteiger partial charge >= 0.3 is 0 Å². The molecule has 0 radical (unpaired) electrons. The van der Waals surface area contributed by atoms with E-state index in [1.807, 2.05) is 24.5 Å². The number of para-hydroxylation sites is 1.